The standard InChI is InChI=1S/C24H24N2O5/c1-3-29-20-10-7-17(15-22(20)30-4-2)23(27)25-18-8-9-19-16(14-18)11-12-26(19)24(28)21-6-5-13-31-21/h5-10,13-15H,3-4,11-12H2,1-2H3,(H,25,27). The van der Waals surface area contributed by atoms with E-state index in [0.717, 1.165) is 11.3 Å². The van der Waals surface area contributed by atoms with Crippen LogP contribution in [0.4, 0.5) is 11.4 Å². The largest absolute Gasteiger partial charge is 0.490 e. The Balaban J connectivity index is 1.50. The fourth-order valence-corrected chi connectivity index (χ4v) is 3.62. The lowest BCUT2D eigenvalue weighted by molar-refractivity contribution is 0.0962. The van der Waals surface area contributed by atoms with Crippen molar-refractivity contribution in [2.75, 3.05) is 30.0 Å². The number of furan rings is 1. The number of rotatable bonds is 7. The van der Waals surface area contributed by atoms with Crippen LogP contribution in [-0.2, 0) is 6.42 Å². The van der Waals surface area contributed by atoms with Gasteiger partial charge in [-0.05, 0) is 74.4 Å². The highest BCUT2D eigenvalue weighted by Gasteiger charge is 2.27. The summed E-state index contributed by atoms with van der Waals surface area (Å²) in [7, 11) is 0. The van der Waals surface area contributed by atoms with Crippen molar-refractivity contribution in [2.45, 2.75) is 20.3 Å². The zero-order chi connectivity index (χ0) is 21.8. The molecule has 1 aromatic heterocycles. The molecule has 4 rings (SSSR count). The van der Waals surface area contributed by atoms with E-state index < -0.39 is 0 Å². The molecule has 31 heavy (non-hydrogen) atoms. The third-order valence-corrected chi connectivity index (χ3v) is 5.02. The predicted octanol–water partition coefficient (Wildman–Crippen LogP) is 4.53. The second-order valence-electron chi connectivity index (χ2n) is 7.01. The van der Waals surface area contributed by atoms with Crippen molar-refractivity contribution in [3.8, 4) is 11.5 Å². The molecule has 0 saturated heterocycles. The quantitative estimate of drug-likeness (QED) is 0.607. The lowest BCUT2D eigenvalue weighted by atomic mass is 10.1. The average molecular weight is 420 g/mol. The van der Waals surface area contributed by atoms with Gasteiger partial charge in [-0.15, -0.1) is 0 Å². The number of carbonyl (C=O) groups excluding carboxylic acids is 2. The van der Waals surface area contributed by atoms with Crippen molar-refractivity contribution in [3.05, 3.63) is 71.7 Å². The second kappa shape index (κ2) is 8.95. The van der Waals surface area contributed by atoms with Crippen LogP contribution < -0.4 is 19.7 Å². The number of hydrogen-bond acceptors (Lipinski definition) is 5. The van der Waals surface area contributed by atoms with E-state index in [1.165, 1.54) is 6.26 Å². The average Bonchev–Trinajstić information content (AvgIpc) is 3.45. The van der Waals surface area contributed by atoms with Crippen molar-refractivity contribution >= 4 is 23.2 Å². The fourth-order valence-electron chi connectivity index (χ4n) is 3.62. The molecular weight excluding hydrogens is 396 g/mol. The maximum Gasteiger partial charge on any atom is 0.293 e. The van der Waals surface area contributed by atoms with Crippen LogP contribution in [0.25, 0.3) is 0 Å². The van der Waals surface area contributed by atoms with Crippen LogP contribution in [0.15, 0.2) is 59.2 Å². The van der Waals surface area contributed by atoms with Crippen molar-refractivity contribution in [1.29, 1.82) is 0 Å². The summed E-state index contributed by atoms with van der Waals surface area (Å²) in [6.45, 7) is 5.34. The van der Waals surface area contributed by atoms with E-state index in [1.54, 1.807) is 41.3 Å². The van der Waals surface area contributed by atoms with Gasteiger partial charge in [0.1, 0.15) is 0 Å². The lowest BCUT2D eigenvalue weighted by Crippen LogP contribution is -2.28. The highest BCUT2D eigenvalue weighted by molar-refractivity contribution is 6.07. The van der Waals surface area contributed by atoms with E-state index in [1.807, 2.05) is 26.0 Å². The Kier molecular flexibility index (Phi) is 5.93. The van der Waals surface area contributed by atoms with E-state index in [-0.39, 0.29) is 11.8 Å². The summed E-state index contributed by atoms with van der Waals surface area (Å²) in [4.78, 5) is 27.1. The van der Waals surface area contributed by atoms with Gasteiger partial charge in [-0.25, -0.2) is 0 Å². The molecule has 0 fully saturated rings. The van der Waals surface area contributed by atoms with Crippen LogP contribution >= 0.6 is 0 Å². The summed E-state index contributed by atoms with van der Waals surface area (Å²) < 4.78 is 16.4. The minimum atomic E-state index is -0.245. The molecule has 2 heterocycles. The van der Waals surface area contributed by atoms with E-state index in [9.17, 15) is 9.59 Å². The maximum atomic E-state index is 12.8. The van der Waals surface area contributed by atoms with Crippen LogP contribution in [-0.4, -0.2) is 31.6 Å². The highest BCUT2D eigenvalue weighted by atomic mass is 16.5. The Bertz CT molecular complexity index is 1090. The second-order valence-corrected chi connectivity index (χ2v) is 7.01. The van der Waals surface area contributed by atoms with Gasteiger partial charge >= 0.3 is 0 Å². The van der Waals surface area contributed by atoms with Crippen LogP contribution in [0.1, 0.15) is 40.3 Å². The van der Waals surface area contributed by atoms with Crippen molar-refractivity contribution < 1.29 is 23.5 Å². The normalized spacial score (nSPS) is 12.4. The summed E-state index contributed by atoms with van der Waals surface area (Å²) in [5.41, 5.74) is 2.98. The number of benzene rings is 2. The summed E-state index contributed by atoms with van der Waals surface area (Å²) in [5.74, 6) is 1.05. The van der Waals surface area contributed by atoms with Crippen molar-refractivity contribution in [3.63, 3.8) is 0 Å². The molecule has 7 heteroatoms. The molecule has 7 nitrogen and oxygen atoms in total. The van der Waals surface area contributed by atoms with Gasteiger partial charge in [-0.3, -0.25) is 9.59 Å². The van der Waals surface area contributed by atoms with Crippen LogP contribution in [0, 0.1) is 0 Å². The van der Waals surface area contributed by atoms with Gasteiger partial charge in [0.2, 0.25) is 0 Å². The zero-order valence-electron chi connectivity index (χ0n) is 17.5. The number of anilines is 2. The van der Waals surface area contributed by atoms with Gasteiger partial charge in [-0.2, -0.15) is 0 Å². The molecule has 0 radical (unpaired) electrons. The molecule has 1 N–H and O–H groups in total. The van der Waals surface area contributed by atoms with Crippen molar-refractivity contribution in [1.82, 2.24) is 0 Å². The molecule has 0 unspecified atom stereocenters. The molecule has 2 amide bonds. The summed E-state index contributed by atoms with van der Waals surface area (Å²) in [6.07, 6.45) is 2.20. The summed E-state index contributed by atoms with van der Waals surface area (Å²) >= 11 is 0. The molecular formula is C24H24N2O5. The van der Waals surface area contributed by atoms with Gasteiger partial charge in [-0.1, -0.05) is 0 Å². The SMILES string of the molecule is CCOc1ccc(C(=O)Nc2ccc3c(c2)CCN3C(=O)c2ccco2)cc1OCC. The number of nitrogens with zero attached hydrogens (tertiary/aromatic N) is 1. The maximum absolute atomic E-state index is 12.8. The van der Waals surface area contributed by atoms with Gasteiger partial charge in [0, 0.05) is 23.5 Å². The van der Waals surface area contributed by atoms with E-state index in [2.05, 4.69) is 5.32 Å². The number of fused-ring (bicyclic) bond motifs is 1. The molecule has 0 aliphatic carbocycles. The summed E-state index contributed by atoms with van der Waals surface area (Å²) in [5, 5.41) is 2.92. The first-order valence-corrected chi connectivity index (χ1v) is 10.3. The molecule has 1 aliphatic heterocycles. The monoisotopic (exact) mass is 420 g/mol. The Hall–Kier alpha value is -3.74. The molecule has 160 valence electrons. The topological polar surface area (TPSA) is 81.0 Å². The molecule has 2 aromatic carbocycles. The zero-order valence-corrected chi connectivity index (χ0v) is 17.5. The first-order valence-electron chi connectivity index (χ1n) is 10.3. The van der Waals surface area contributed by atoms with Gasteiger partial charge in [0.05, 0.1) is 19.5 Å². The van der Waals surface area contributed by atoms with Gasteiger partial charge in [0.15, 0.2) is 17.3 Å². The number of ether oxygens (including phenoxy) is 2. The number of hydrogen-bond donors (Lipinski definition) is 1. The summed E-state index contributed by atoms with van der Waals surface area (Å²) in [6, 6.07) is 14.0. The lowest BCUT2D eigenvalue weighted by Gasteiger charge is -2.16. The molecule has 0 spiro atoms. The smallest absolute Gasteiger partial charge is 0.293 e. The van der Waals surface area contributed by atoms with E-state index in [0.29, 0.717) is 54.7 Å². The predicted molar refractivity (Wildman–Crippen MR) is 117 cm³/mol. The third kappa shape index (κ3) is 4.26. The molecule has 0 bridgehead atoms. The third-order valence-electron chi connectivity index (χ3n) is 5.02. The van der Waals surface area contributed by atoms with Gasteiger partial charge in [0.25, 0.3) is 11.8 Å². The molecule has 3 aromatic rings. The molecule has 1 aliphatic rings. The van der Waals surface area contributed by atoms with Gasteiger partial charge < -0.3 is 24.1 Å². The molecule has 0 atom stereocenters. The van der Waals surface area contributed by atoms with E-state index in [4.69, 9.17) is 13.9 Å². The Morgan fingerprint density at radius 2 is 1.84 bits per heavy atom. The van der Waals surface area contributed by atoms with Crippen LogP contribution in [0.5, 0.6) is 11.5 Å². The van der Waals surface area contributed by atoms with Crippen LogP contribution in [0.2, 0.25) is 0 Å². The number of nitrogens with one attached hydrogen (secondary N) is 1. The minimum absolute atomic E-state index is 0.168. The first-order chi connectivity index (χ1) is 15.1. The van der Waals surface area contributed by atoms with Crippen molar-refractivity contribution in [2.24, 2.45) is 0 Å². The Morgan fingerprint density at radius 3 is 2.58 bits per heavy atom. The fraction of sp³-hybridized carbons (Fsp3) is 0.250. The highest BCUT2D eigenvalue weighted by Crippen LogP contribution is 2.32. The Labute approximate surface area is 180 Å². The minimum Gasteiger partial charge on any atom is -0.490 e. The number of carbonyl (C=O) groups is 2. The van der Waals surface area contributed by atoms with E-state index >= 15 is 0 Å². The molecule has 0 saturated carbocycles. The van der Waals surface area contributed by atoms with Crippen LogP contribution in [0.3, 0.4) is 0 Å². The Morgan fingerprint density at radius 1 is 1.03 bits per heavy atom. The first kappa shape index (κ1) is 20.5. The number of amides is 2.